The maximum absolute atomic E-state index is 12.0. The lowest BCUT2D eigenvalue weighted by atomic mass is 10.2. The van der Waals surface area contributed by atoms with Crippen molar-refractivity contribution >= 4 is 16.8 Å². The van der Waals surface area contributed by atoms with Crippen molar-refractivity contribution in [2.75, 3.05) is 6.54 Å². The Kier molecular flexibility index (Phi) is 3.29. The maximum atomic E-state index is 12.0. The number of H-pyrrole nitrogens is 1. The molecule has 20 heavy (non-hydrogen) atoms. The minimum absolute atomic E-state index is 0.0931. The number of nitrogens with one attached hydrogen (secondary N) is 2. The standard InChI is InChI=1S/C16H16N2O2/c1-11-6-7-13(20-11)8-9-17-16(19)15-10-12-4-2-3-5-14(12)18-15/h2-7,10,18H,8-9H2,1H3,(H,17,19). The summed E-state index contributed by atoms with van der Waals surface area (Å²) in [5.41, 5.74) is 1.56. The van der Waals surface area contributed by atoms with Crippen molar-refractivity contribution in [3.63, 3.8) is 0 Å². The summed E-state index contributed by atoms with van der Waals surface area (Å²) in [6, 6.07) is 13.6. The molecule has 0 bridgehead atoms. The molecule has 1 amide bonds. The molecule has 1 aromatic carbocycles. The fourth-order valence-corrected chi connectivity index (χ4v) is 2.21. The van der Waals surface area contributed by atoms with Crippen LogP contribution in [-0.4, -0.2) is 17.4 Å². The number of carbonyl (C=O) groups excluding carboxylic acids is 1. The van der Waals surface area contributed by atoms with E-state index in [1.165, 1.54) is 0 Å². The number of aryl methyl sites for hydroxylation is 1. The third-order valence-electron chi connectivity index (χ3n) is 3.23. The number of hydrogen-bond donors (Lipinski definition) is 2. The number of furan rings is 1. The van der Waals surface area contributed by atoms with Gasteiger partial charge in [0, 0.05) is 23.9 Å². The molecule has 0 atom stereocenters. The zero-order chi connectivity index (χ0) is 13.9. The molecule has 102 valence electrons. The molecule has 2 N–H and O–H groups in total. The van der Waals surface area contributed by atoms with Gasteiger partial charge in [-0.15, -0.1) is 0 Å². The minimum Gasteiger partial charge on any atom is -0.466 e. The van der Waals surface area contributed by atoms with E-state index in [0.29, 0.717) is 18.7 Å². The van der Waals surface area contributed by atoms with E-state index in [4.69, 9.17) is 4.42 Å². The summed E-state index contributed by atoms with van der Waals surface area (Å²) < 4.78 is 5.46. The van der Waals surface area contributed by atoms with Gasteiger partial charge >= 0.3 is 0 Å². The van der Waals surface area contributed by atoms with E-state index in [9.17, 15) is 4.79 Å². The molecule has 2 aromatic heterocycles. The molecular formula is C16H16N2O2. The van der Waals surface area contributed by atoms with E-state index >= 15 is 0 Å². The quantitative estimate of drug-likeness (QED) is 0.764. The lowest BCUT2D eigenvalue weighted by Gasteiger charge is -2.01. The van der Waals surface area contributed by atoms with Gasteiger partial charge in [-0.25, -0.2) is 0 Å². The van der Waals surface area contributed by atoms with Crippen molar-refractivity contribution in [2.24, 2.45) is 0 Å². The monoisotopic (exact) mass is 268 g/mol. The Morgan fingerprint density at radius 2 is 2.10 bits per heavy atom. The van der Waals surface area contributed by atoms with Crippen LogP contribution in [0.1, 0.15) is 22.0 Å². The van der Waals surface area contributed by atoms with Gasteiger partial charge in [-0.05, 0) is 31.2 Å². The molecule has 0 aliphatic rings. The van der Waals surface area contributed by atoms with Crippen LogP contribution in [0.25, 0.3) is 10.9 Å². The largest absolute Gasteiger partial charge is 0.466 e. The van der Waals surface area contributed by atoms with E-state index < -0.39 is 0 Å². The molecule has 2 heterocycles. The van der Waals surface area contributed by atoms with Crippen molar-refractivity contribution in [2.45, 2.75) is 13.3 Å². The highest BCUT2D eigenvalue weighted by molar-refractivity contribution is 5.97. The highest BCUT2D eigenvalue weighted by Crippen LogP contribution is 2.14. The van der Waals surface area contributed by atoms with Crippen LogP contribution < -0.4 is 5.32 Å². The third kappa shape index (κ3) is 2.59. The Labute approximate surface area is 116 Å². The van der Waals surface area contributed by atoms with Crippen LogP contribution in [0.5, 0.6) is 0 Å². The summed E-state index contributed by atoms with van der Waals surface area (Å²) in [6.07, 6.45) is 0.694. The number of aromatic nitrogens is 1. The predicted octanol–water partition coefficient (Wildman–Crippen LogP) is 3.04. The van der Waals surface area contributed by atoms with Crippen LogP contribution in [0, 0.1) is 6.92 Å². The number of rotatable bonds is 4. The zero-order valence-electron chi connectivity index (χ0n) is 11.3. The lowest BCUT2D eigenvalue weighted by molar-refractivity contribution is 0.0949. The molecule has 4 nitrogen and oxygen atoms in total. The SMILES string of the molecule is Cc1ccc(CCNC(=O)c2cc3ccccc3[nH]2)o1. The summed E-state index contributed by atoms with van der Waals surface area (Å²) in [6.45, 7) is 2.47. The molecule has 0 aliphatic carbocycles. The van der Waals surface area contributed by atoms with Crippen molar-refractivity contribution in [3.8, 4) is 0 Å². The Morgan fingerprint density at radius 3 is 2.85 bits per heavy atom. The summed E-state index contributed by atoms with van der Waals surface area (Å²) in [4.78, 5) is 15.1. The van der Waals surface area contributed by atoms with Gasteiger partial charge < -0.3 is 14.7 Å². The lowest BCUT2D eigenvalue weighted by Crippen LogP contribution is -2.25. The van der Waals surface area contributed by atoms with E-state index in [0.717, 1.165) is 22.4 Å². The number of para-hydroxylation sites is 1. The van der Waals surface area contributed by atoms with Crippen LogP contribution in [0.2, 0.25) is 0 Å². The minimum atomic E-state index is -0.0931. The van der Waals surface area contributed by atoms with Gasteiger partial charge in [-0.1, -0.05) is 18.2 Å². The van der Waals surface area contributed by atoms with Crippen molar-refractivity contribution in [1.82, 2.24) is 10.3 Å². The molecule has 0 saturated heterocycles. The Bertz CT molecular complexity index is 707. The first-order valence-electron chi connectivity index (χ1n) is 6.63. The maximum Gasteiger partial charge on any atom is 0.267 e. The molecule has 0 unspecified atom stereocenters. The molecule has 0 fully saturated rings. The summed E-state index contributed by atoms with van der Waals surface area (Å²) in [5, 5.41) is 3.93. The van der Waals surface area contributed by atoms with Gasteiger partial charge in [0.2, 0.25) is 0 Å². The summed E-state index contributed by atoms with van der Waals surface area (Å²) in [7, 11) is 0. The molecule has 0 aliphatic heterocycles. The second-order valence-corrected chi connectivity index (χ2v) is 4.79. The Balaban J connectivity index is 1.61. The van der Waals surface area contributed by atoms with Crippen LogP contribution in [0.15, 0.2) is 46.9 Å². The smallest absolute Gasteiger partial charge is 0.267 e. The van der Waals surface area contributed by atoms with Crippen LogP contribution in [0.4, 0.5) is 0 Å². The van der Waals surface area contributed by atoms with Crippen molar-refractivity contribution < 1.29 is 9.21 Å². The van der Waals surface area contributed by atoms with Crippen LogP contribution >= 0.6 is 0 Å². The number of carbonyl (C=O) groups is 1. The third-order valence-corrected chi connectivity index (χ3v) is 3.23. The first-order valence-corrected chi connectivity index (χ1v) is 6.63. The fraction of sp³-hybridized carbons (Fsp3) is 0.188. The average Bonchev–Trinajstić information content (AvgIpc) is 3.04. The van der Waals surface area contributed by atoms with E-state index in [1.54, 1.807) is 0 Å². The second-order valence-electron chi connectivity index (χ2n) is 4.79. The highest BCUT2D eigenvalue weighted by atomic mass is 16.3. The molecule has 0 radical (unpaired) electrons. The normalized spacial score (nSPS) is 10.8. The van der Waals surface area contributed by atoms with Crippen molar-refractivity contribution in [3.05, 3.63) is 59.7 Å². The summed E-state index contributed by atoms with van der Waals surface area (Å²) >= 11 is 0. The first kappa shape index (κ1) is 12.5. The number of amides is 1. The van der Waals surface area contributed by atoms with Gasteiger partial charge in [0.1, 0.15) is 17.2 Å². The van der Waals surface area contributed by atoms with Crippen molar-refractivity contribution in [1.29, 1.82) is 0 Å². The number of aromatic amines is 1. The zero-order valence-corrected chi connectivity index (χ0v) is 11.3. The molecule has 0 spiro atoms. The first-order chi connectivity index (χ1) is 9.72. The van der Waals surface area contributed by atoms with Gasteiger partial charge in [0.25, 0.3) is 5.91 Å². The van der Waals surface area contributed by atoms with E-state index in [2.05, 4.69) is 10.3 Å². The highest BCUT2D eigenvalue weighted by Gasteiger charge is 2.08. The topological polar surface area (TPSA) is 58.0 Å². The fourth-order valence-electron chi connectivity index (χ4n) is 2.21. The Morgan fingerprint density at radius 1 is 1.25 bits per heavy atom. The van der Waals surface area contributed by atoms with Crippen LogP contribution in [0.3, 0.4) is 0 Å². The number of hydrogen-bond acceptors (Lipinski definition) is 2. The molecular weight excluding hydrogens is 252 g/mol. The van der Waals surface area contributed by atoms with Gasteiger partial charge in [0.05, 0.1) is 0 Å². The van der Waals surface area contributed by atoms with Gasteiger partial charge in [0.15, 0.2) is 0 Å². The molecule has 4 heteroatoms. The van der Waals surface area contributed by atoms with E-state index in [-0.39, 0.29) is 5.91 Å². The Hall–Kier alpha value is -2.49. The van der Waals surface area contributed by atoms with Crippen LogP contribution in [-0.2, 0) is 6.42 Å². The molecule has 3 aromatic rings. The summed E-state index contributed by atoms with van der Waals surface area (Å²) in [5.74, 6) is 1.69. The van der Waals surface area contributed by atoms with Gasteiger partial charge in [-0.2, -0.15) is 0 Å². The van der Waals surface area contributed by atoms with Gasteiger partial charge in [-0.3, -0.25) is 4.79 Å². The second kappa shape index (κ2) is 5.25. The molecule has 3 rings (SSSR count). The van der Waals surface area contributed by atoms with E-state index in [1.807, 2.05) is 49.4 Å². The predicted molar refractivity (Wildman–Crippen MR) is 77.8 cm³/mol. The molecule has 0 saturated carbocycles. The number of fused-ring (bicyclic) bond motifs is 1. The number of benzene rings is 1. The average molecular weight is 268 g/mol.